The molecule has 0 saturated carbocycles. The Labute approximate surface area is 209 Å². The first-order valence-electron chi connectivity index (χ1n) is 11.5. The average molecular weight is 485 g/mol. The van der Waals surface area contributed by atoms with E-state index in [4.69, 9.17) is 9.47 Å². The Bertz CT molecular complexity index is 1400. The molecule has 8 nitrogen and oxygen atoms in total. The number of aromatic amines is 1. The molecule has 1 aromatic heterocycles. The number of hydrazone groups is 1. The summed E-state index contributed by atoms with van der Waals surface area (Å²) in [6, 6.07) is 21.3. The van der Waals surface area contributed by atoms with Crippen LogP contribution in [0, 0.1) is 6.92 Å². The van der Waals surface area contributed by atoms with E-state index in [9.17, 15) is 9.59 Å². The van der Waals surface area contributed by atoms with Crippen LogP contribution in [0.2, 0.25) is 0 Å². The smallest absolute Gasteiger partial charge is 0.262 e. The van der Waals surface area contributed by atoms with Gasteiger partial charge in [0.15, 0.2) is 11.5 Å². The van der Waals surface area contributed by atoms with E-state index in [0.717, 1.165) is 27.7 Å². The molecule has 1 heterocycles. The molecule has 0 bridgehead atoms. The normalized spacial score (nSPS) is 11.9. The van der Waals surface area contributed by atoms with Gasteiger partial charge in [-0.1, -0.05) is 48.5 Å². The number of aryl methyl sites for hydroxylation is 1. The quantitative estimate of drug-likeness (QED) is 0.247. The monoisotopic (exact) mass is 484 g/mol. The van der Waals surface area contributed by atoms with Crippen molar-refractivity contribution >= 4 is 28.9 Å². The van der Waals surface area contributed by atoms with Gasteiger partial charge < -0.3 is 19.8 Å². The number of ether oxygens (including phenoxy) is 2. The predicted octanol–water partition coefficient (Wildman–Crippen LogP) is 3.98. The summed E-state index contributed by atoms with van der Waals surface area (Å²) in [6.07, 6.45) is 1.91. The van der Waals surface area contributed by atoms with Crippen LogP contribution < -0.4 is 20.2 Å². The van der Waals surface area contributed by atoms with Crippen molar-refractivity contribution in [3.05, 3.63) is 95.2 Å². The molecule has 8 heteroatoms. The molecule has 4 aromatic rings. The van der Waals surface area contributed by atoms with Gasteiger partial charge in [-0.2, -0.15) is 5.10 Å². The molecule has 0 spiro atoms. The zero-order valence-corrected chi connectivity index (χ0v) is 20.4. The van der Waals surface area contributed by atoms with E-state index in [1.165, 1.54) is 14.2 Å². The van der Waals surface area contributed by atoms with Gasteiger partial charge in [-0.3, -0.25) is 9.59 Å². The first kappa shape index (κ1) is 24.5. The van der Waals surface area contributed by atoms with Crippen LogP contribution in [-0.2, 0) is 11.2 Å². The van der Waals surface area contributed by atoms with Crippen LogP contribution in [0.25, 0.3) is 10.9 Å². The maximum atomic E-state index is 13.1. The highest BCUT2D eigenvalue weighted by atomic mass is 16.5. The van der Waals surface area contributed by atoms with Crippen molar-refractivity contribution in [2.24, 2.45) is 5.10 Å². The topological polar surface area (TPSA) is 105 Å². The molecular weight excluding hydrogens is 456 g/mol. The Morgan fingerprint density at radius 3 is 2.44 bits per heavy atom. The lowest BCUT2D eigenvalue weighted by Gasteiger charge is -2.18. The predicted molar refractivity (Wildman–Crippen MR) is 140 cm³/mol. The number of amides is 2. The number of nitrogens with zero attached hydrogens (tertiary/aromatic N) is 1. The van der Waals surface area contributed by atoms with Crippen molar-refractivity contribution in [3.8, 4) is 11.5 Å². The lowest BCUT2D eigenvalue weighted by atomic mass is 10.0. The van der Waals surface area contributed by atoms with Crippen LogP contribution in [0.15, 0.2) is 77.9 Å². The highest BCUT2D eigenvalue weighted by molar-refractivity contribution is 6.01. The summed E-state index contributed by atoms with van der Waals surface area (Å²) in [6.45, 7) is 1.95. The summed E-state index contributed by atoms with van der Waals surface area (Å²) in [4.78, 5) is 29.5. The molecule has 4 rings (SSSR count). The molecule has 0 fully saturated rings. The van der Waals surface area contributed by atoms with E-state index in [2.05, 4.69) is 20.8 Å². The van der Waals surface area contributed by atoms with Gasteiger partial charge in [0.05, 0.1) is 20.4 Å². The Balaban J connectivity index is 1.52. The second kappa shape index (κ2) is 11.2. The van der Waals surface area contributed by atoms with Crippen LogP contribution in [-0.4, -0.2) is 43.3 Å². The number of H-pyrrole nitrogens is 1. The molecule has 36 heavy (non-hydrogen) atoms. The molecule has 3 aromatic carbocycles. The number of nitrogens with one attached hydrogen (secondary N) is 3. The van der Waals surface area contributed by atoms with Crippen LogP contribution in [0.3, 0.4) is 0 Å². The Kier molecular flexibility index (Phi) is 7.65. The number of carbonyl (C=O) groups is 2. The van der Waals surface area contributed by atoms with Gasteiger partial charge in [0.2, 0.25) is 0 Å². The van der Waals surface area contributed by atoms with Gasteiger partial charge in [0.25, 0.3) is 11.8 Å². The molecule has 0 radical (unpaired) electrons. The molecule has 3 N–H and O–H groups in total. The summed E-state index contributed by atoms with van der Waals surface area (Å²) < 4.78 is 10.5. The maximum Gasteiger partial charge on any atom is 0.262 e. The minimum Gasteiger partial charge on any atom is -0.493 e. The molecular formula is C28H28N4O4. The Hall–Kier alpha value is -4.59. The third-order valence-corrected chi connectivity index (χ3v) is 5.86. The van der Waals surface area contributed by atoms with Gasteiger partial charge >= 0.3 is 0 Å². The number of hydrogen-bond donors (Lipinski definition) is 3. The van der Waals surface area contributed by atoms with Gasteiger partial charge in [-0.15, -0.1) is 0 Å². The second-order valence-electron chi connectivity index (χ2n) is 8.23. The molecule has 0 aliphatic rings. The largest absolute Gasteiger partial charge is 0.493 e. The van der Waals surface area contributed by atoms with E-state index >= 15 is 0 Å². The highest BCUT2D eigenvalue weighted by Crippen LogP contribution is 2.27. The zero-order chi connectivity index (χ0) is 25.5. The molecule has 0 saturated heterocycles. The second-order valence-corrected chi connectivity index (χ2v) is 8.23. The van der Waals surface area contributed by atoms with E-state index in [-0.39, 0.29) is 0 Å². The summed E-state index contributed by atoms with van der Waals surface area (Å²) in [5.41, 5.74) is 6.66. The third kappa shape index (κ3) is 5.55. The van der Waals surface area contributed by atoms with Crippen LogP contribution in [0.5, 0.6) is 11.5 Å². The lowest BCUT2D eigenvalue weighted by molar-refractivity contribution is -0.122. The lowest BCUT2D eigenvalue weighted by Crippen LogP contribution is -2.46. The zero-order valence-electron chi connectivity index (χ0n) is 20.4. The number of rotatable bonds is 9. The minimum absolute atomic E-state index is 0.299. The number of aromatic nitrogens is 1. The van der Waals surface area contributed by atoms with Crippen LogP contribution in [0.4, 0.5) is 0 Å². The first-order valence-corrected chi connectivity index (χ1v) is 11.5. The molecule has 2 amide bonds. The highest BCUT2D eigenvalue weighted by Gasteiger charge is 2.22. The number of benzene rings is 3. The summed E-state index contributed by atoms with van der Waals surface area (Å²) in [7, 11) is 3.02. The fourth-order valence-corrected chi connectivity index (χ4v) is 3.98. The number of hydrogen-bond acceptors (Lipinski definition) is 5. The maximum absolute atomic E-state index is 13.1. The number of methoxy groups -OCH3 is 2. The van der Waals surface area contributed by atoms with Gasteiger partial charge in [0, 0.05) is 34.1 Å². The number of para-hydroxylation sites is 1. The van der Waals surface area contributed by atoms with Crippen molar-refractivity contribution in [2.45, 2.75) is 19.4 Å². The van der Waals surface area contributed by atoms with Gasteiger partial charge in [-0.25, -0.2) is 5.43 Å². The van der Waals surface area contributed by atoms with Gasteiger partial charge in [0.1, 0.15) is 6.04 Å². The van der Waals surface area contributed by atoms with Gasteiger partial charge in [-0.05, 0) is 36.8 Å². The first-order chi connectivity index (χ1) is 17.5. The van der Waals surface area contributed by atoms with E-state index in [1.807, 2.05) is 61.5 Å². The molecule has 1 atom stereocenters. The van der Waals surface area contributed by atoms with Crippen molar-refractivity contribution in [1.82, 2.24) is 15.7 Å². The minimum atomic E-state index is -0.853. The average Bonchev–Trinajstić information content (AvgIpc) is 3.23. The van der Waals surface area contributed by atoms with E-state index in [1.54, 1.807) is 24.4 Å². The van der Waals surface area contributed by atoms with Crippen molar-refractivity contribution in [3.63, 3.8) is 0 Å². The number of fused-ring (bicyclic) bond motifs is 1. The van der Waals surface area contributed by atoms with Crippen molar-refractivity contribution < 1.29 is 19.1 Å². The van der Waals surface area contributed by atoms with Crippen molar-refractivity contribution in [1.29, 1.82) is 0 Å². The van der Waals surface area contributed by atoms with Crippen molar-refractivity contribution in [2.75, 3.05) is 14.2 Å². The van der Waals surface area contributed by atoms with E-state index < -0.39 is 17.9 Å². The standard InChI is InChI=1S/C28H28N4O4/c1-18-22(21-11-7-8-12-23(21)30-18)17-29-32-28(34)24(15-19-9-5-4-6-10-19)31-27(33)20-13-14-25(35-2)26(16-20)36-3/h4-14,16-17,24,30H,15H2,1-3H3,(H,31,33)(H,32,34)/b29-17+/t24-/m0/s1. The number of carbonyl (C=O) groups excluding carboxylic acids is 2. The summed E-state index contributed by atoms with van der Waals surface area (Å²) in [5.74, 6) is 0.0901. The fourth-order valence-electron chi connectivity index (χ4n) is 3.98. The molecule has 184 valence electrons. The summed E-state index contributed by atoms with van der Waals surface area (Å²) >= 11 is 0. The Morgan fingerprint density at radius 2 is 1.69 bits per heavy atom. The molecule has 0 aliphatic carbocycles. The summed E-state index contributed by atoms with van der Waals surface area (Å²) in [5, 5.41) is 8.02. The van der Waals surface area contributed by atoms with Crippen LogP contribution >= 0.6 is 0 Å². The SMILES string of the molecule is COc1ccc(C(=O)N[C@@H](Cc2ccccc2)C(=O)N/N=C/c2c(C)[nH]c3ccccc23)cc1OC. The van der Waals surface area contributed by atoms with Crippen LogP contribution in [0.1, 0.15) is 27.2 Å². The third-order valence-electron chi connectivity index (χ3n) is 5.86. The van der Waals surface area contributed by atoms with E-state index in [0.29, 0.717) is 23.5 Å². The molecule has 0 aliphatic heterocycles. The molecule has 0 unspecified atom stereocenters. The Morgan fingerprint density at radius 1 is 0.972 bits per heavy atom. The fraction of sp³-hybridized carbons (Fsp3) is 0.179.